The van der Waals surface area contributed by atoms with Crippen LogP contribution in [0.5, 0.6) is 0 Å². The van der Waals surface area contributed by atoms with Gasteiger partial charge in [-0.1, -0.05) is 23.7 Å². The number of benzene rings is 1. The summed E-state index contributed by atoms with van der Waals surface area (Å²) in [4.78, 5) is 0. The molecule has 1 N–H and O–H groups in total. The lowest BCUT2D eigenvalue weighted by Gasteiger charge is -2.29. The number of halogens is 2. The standard InChI is InChI=1S/C13H16ClFO2/c1-13(16,10-5-6-17-8-10)7-9-3-2-4-11(15)12(9)14/h2-4,10,16H,5-8H2,1H3. The summed E-state index contributed by atoms with van der Waals surface area (Å²) in [6.07, 6.45) is 1.18. The van der Waals surface area contributed by atoms with E-state index in [2.05, 4.69) is 0 Å². The van der Waals surface area contributed by atoms with Crippen molar-refractivity contribution in [3.05, 3.63) is 34.6 Å². The third-order valence-corrected chi connectivity index (χ3v) is 3.81. The molecule has 0 amide bonds. The van der Waals surface area contributed by atoms with Gasteiger partial charge in [-0.05, 0) is 25.0 Å². The van der Waals surface area contributed by atoms with Gasteiger partial charge in [0.05, 0.1) is 17.2 Å². The number of ether oxygens (including phenoxy) is 1. The smallest absolute Gasteiger partial charge is 0.142 e. The van der Waals surface area contributed by atoms with Crippen LogP contribution in [-0.4, -0.2) is 23.9 Å². The SMILES string of the molecule is CC(O)(Cc1cccc(F)c1Cl)C1CCOC1. The molecule has 94 valence electrons. The molecule has 1 aliphatic heterocycles. The maximum Gasteiger partial charge on any atom is 0.142 e. The van der Waals surface area contributed by atoms with E-state index in [1.807, 2.05) is 0 Å². The molecule has 1 saturated heterocycles. The highest BCUT2D eigenvalue weighted by atomic mass is 35.5. The van der Waals surface area contributed by atoms with Crippen LogP contribution in [0.2, 0.25) is 5.02 Å². The summed E-state index contributed by atoms with van der Waals surface area (Å²) < 4.78 is 18.6. The van der Waals surface area contributed by atoms with Crippen molar-refractivity contribution in [3.8, 4) is 0 Å². The van der Waals surface area contributed by atoms with Crippen LogP contribution in [0.15, 0.2) is 18.2 Å². The van der Waals surface area contributed by atoms with Gasteiger partial charge >= 0.3 is 0 Å². The van der Waals surface area contributed by atoms with Crippen LogP contribution < -0.4 is 0 Å². The predicted molar refractivity (Wildman–Crippen MR) is 64.7 cm³/mol. The Kier molecular flexibility index (Phi) is 3.71. The Morgan fingerprint density at radius 3 is 3.00 bits per heavy atom. The monoisotopic (exact) mass is 258 g/mol. The van der Waals surface area contributed by atoms with Crippen molar-refractivity contribution in [2.75, 3.05) is 13.2 Å². The van der Waals surface area contributed by atoms with E-state index in [0.717, 1.165) is 6.42 Å². The summed E-state index contributed by atoms with van der Waals surface area (Å²) in [6.45, 7) is 2.99. The summed E-state index contributed by atoms with van der Waals surface area (Å²) in [5, 5.41) is 10.5. The molecule has 2 unspecified atom stereocenters. The third kappa shape index (κ3) is 2.79. The molecule has 1 aromatic rings. The molecule has 0 saturated carbocycles. The van der Waals surface area contributed by atoms with Gasteiger partial charge < -0.3 is 9.84 Å². The van der Waals surface area contributed by atoms with Crippen molar-refractivity contribution < 1.29 is 14.2 Å². The quantitative estimate of drug-likeness (QED) is 0.903. The molecule has 0 aliphatic carbocycles. The first-order valence-electron chi connectivity index (χ1n) is 5.74. The molecular weight excluding hydrogens is 243 g/mol. The predicted octanol–water partition coefficient (Wildman–Crippen LogP) is 2.81. The maximum absolute atomic E-state index is 13.3. The Hall–Kier alpha value is -0.640. The fraction of sp³-hybridized carbons (Fsp3) is 0.538. The molecule has 0 bridgehead atoms. The van der Waals surface area contributed by atoms with Crippen LogP contribution >= 0.6 is 11.6 Å². The van der Waals surface area contributed by atoms with Crippen molar-refractivity contribution in [2.24, 2.45) is 5.92 Å². The zero-order valence-electron chi connectivity index (χ0n) is 9.75. The van der Waals surface area contributed by atoms with E-state index >= 15 is 0 Å². The molecular formula is C13H16ClFO2. The lowest BCUT2D eigenvalue weighted by Crippen LogP contribution is -2.37. The first-order valence-corrected chi connectivity index (χ1v) is 6.11. The first kappa shape index (κ1) is 12.8. The highest BCUT2D eigenvalue weighted by Gasteiger charge is 2.35. The first-order chi connectivity index (χ1) is 8.00. The lowest BCUT2D eigenvalue weighted by molar-refractivity contribution is -0.00456. The third-order valence-electron chi connectivity index (χ3n) is 3.39. The molecule has 4 heteroatoms. The average Bonchev–Trinajstić information content (AvgIpc) is 2.78. The second-order valence-electron chi connectivity index (χ2n) is 4.81. The van der Waals surface area contributed by atoms with Crippen LogP contribution in [0.3, 0.4) is 0 Å². The van der Waals surface area contributed by atoms with Crippen molar-refractivity contribution in [1.82, 2.24) is 0 Å². The lowest BCUT2D eigenvalue weighted by atomic mass is 9.83. The summed E-state index contributed by atoms with van der Waals surface area (Å²) in [5.74, 6) is -0.357. The average molecular weight is 259 g/mol. The zero-order chi connectivity index (χ0) is 12.5. The Morgan fingerprint density at radius 1 is 1.59 bits per heavy atom. The molecule has 0 aromatic heterocycles. The van der Waals surface area contributed by atoms with E-state index in [0.29, 0.717) is 25.2 Å². The van der Waals surface area contributed by atoms with E-state index in [1.165, 1.54) is 6.07 Å². The summed E-state index contributed by atoms with van der Waals surface area (Å²) in [6, 6.07) is 4.67. The fourth-order valence-electron chi connectivity index (χ4n) is 2.24. The van der Waals surface area contributed by atoms with Crippen molar-refractivity contribution in [2.45, 2.75) is 25.4 Å². The van der Waals surface area contributed by atoms with Crippen molar-refractivity contribution in [3.63, 3.8) is 0 Å². The Labute approximate surface area is 105 Å². The minimum atomic E-state index is -0.909. The van der Waals surface area contributed by atoms with Crippen LogP contribution in [0, 0.1) is 11.7 Å². The summed E-state index contributed by atoms with van der Waals surface area (Å²) in [5.41, 5.74) is -0.267. The molecule has 2 atom stereocenters. The Balaban J connectivity index is 2.16. The summed E-state index contributed by atoms with van der Waals surface area (Å²) >= 11 is 5.89. The van der Waals surface area contributed by atoms with Gasteiger partial charge in [0.25, 0.3) is 0 Å². The second-order valence-corrected chi connectivity index (χ2v) is 5.19. The molecule has 1 aromatic carbocycles. The van der Waals surface area contributed by atoms with Gasteiger partial charge in [0, 0.05) is 18.9 Å². The van der Waals surface area contributed by atoms with Gasteiger partial charge in [0.15, 0.2) is 0 Å². The summed E-state index contributed by atoms with van der Waals surface area (Å²) in [7, 11) is 0. The number of hydrogen-bond acceptors (Lipinski definition) is 2. The van der Waals surface area contributed by atoms with Crippen LogP contribution in [0.4, 0.5) is 4.39 Å². The van der Waals surface area contributed by atoms with Crippen molar-refractivity contribution >= 4 is 11.6 Å². The molecule has 1 heterocycles. The molecule has 0 spiro atoms. The van der Waals surface area contributed by atoms with E-state index < -0.39 is 11.4 Å². The van der Waals surface area contributed by atoms with Gasteiger partial charge in [-0.2, -0.15) is 0 Å². The zero-order valence-corrected chi connectivity index (χ0v) is 10.5. The topological polar surface area (TPSA) is 29.5 Å². The minimum absolute atomic E-state index is 0.0850. The highest BCUT2D eigenvalue weighted by molar-refractivity contribution is 6.31. The Bertz CT molecular complexity index is 400. The minimum Gasteiger partial charge on any atom is -0.389 e. The van der Waals surface area contributed by atoms with Crippen LogP contribution in [-0.2, 0) is 11.2 Å². The van der Waals surface area contributed by atoms with Gasteiger partial charge in [-0.15, -0.1) is 0 Å². The largest absolute Gasteiger partial charge is 0.389 e. The van der Waals surface area contributed by atoms with Crippen LogP contribution in [0.25, 0.3) is 0 Å². The van der Waals surface area contributed by atoms with Crippen molar-refractivity contribution in [1.29, 1.82) is 0 Å². The normalized spacial score (nSPS) is 23.6. The van der Waals surface area contributed by atoms with E-state index in [-0.39, 0.29) is 10.9 Å². The number of rotatable bonds is 3. The second kappa shape index (κ2) is 4.92. The van der Waals surface area contributed by atoms with E-state index in [1.54, 1.807) is 19.1 Å². The molecule has 1 fully saturated rings. The fourth-order valence-corrected chi connectivity index (χ4v) is 2.43. The maximum atomic E-state index is 13.3. The van der Waals surface area contributed by atoms with E-state index in [9.17, 15) is 9.50 Å². The Morgan fingerprint density at radius 2 is 2.35 bits per heavy atom. The van der Waals surface area contributed by atoms with Gasteiger partial charge in [-0.25, -0.2) is 4.39 Å². The molecule has 17 heavy (non-hydrogen) atoms. The molecule has 0 radical (unpaired) electrons. The number of aliphatic hydroxyl groups is 1. The van der Waals surface area contributed by atoms with Gasteiger partial charge in [-0.3, -0.25) is 0 Å². The van der Waals surface area contributed by atoms with Gasteiger partial charge in [0.2, 0.25) is 0 Å². The molecule has 2 nitrogen and oxygen atoms in total. The van der Waals surface area contributed by atoms with E-state index in [4.69, 9.17) is 16.3 Å². The number of hydrogen-bond donors (Lipinski definition) is 1. The molecule has 1 aliphatic rings. The van der Waals surface area contributed by atoms with Gasteiger partial charge in [0.1, 0.15) is 5.82 Å². The molecule has 2 rings (SSSR count). The van der Waals surface area contributed by atoms with Crippen LogP contribution in [0.1, 0.15) is 18.9 Å². The highest BCUT2D eigenvalue weighted by Crippen LogP contribution is 2.31.